The van der Waals surface area contributed by atoms with Crippen LogP contribution in [0, 0.1) is 41.2 Å². The van der Waals surface area contributed by atoms with Crippen LogP contribution in [-0.4, -0.2) is 0 Å². The molecule has 2 fully saturated rings. The second-order valence-electron chi connectivity index (χ2n) is 11.7. The van der Waals surface area contributed by atoms with Gasteiger partial charge in [0.25, 0.3) is 0 Å². The molecule has 2 heteroatoms. The third-order valence-electron chi connectivity index (χ3n) is 9.26. The molecule has 1 unspecified atom stereocenters. The Kier molecular flexibility index (Phi) is 9.43. The standard InChI is InChI=1S/C32H46F2/c1-3-6-24-11-13-25(14-12-24)7-4-5-8-29-21-22-30(32(34)31(29)33)28-19-17-27(18-20-28)26-15-9-23(2)10-16-26/h4,7,19,21-27H,3,5-6,8-18,20H2,1-2H3. The summed E-state index contributed by atoms with van der Waals surface area (Å²) in [6, 6.07) is 3.66. The first kappa shape index (κ1) is 25.6. The Labute approximate surface area is 207 Å². The van der Waals surface area contributed by atoms with Crippen LogP contribution in [0.1, 0.15) is 115 Å². The fourth-order valence-corrected chi connectivity index (χ4v) is 6.92. The average Bonchev–Trinajstić information content (AvgIpc) is 2.86. The molecule has 0 aliphatic heterocycles. The largest absolute Gasteiger partial charge is 0.203 e. The van der Waals surface area contributed by atoms with E-state index in [9.17, 15) is 4.39 Å². The number of hydrogen-bond donors (Lipinski definition) is 0. The number of aryl methyl sites for hydroxylation is 1. The van der Waals surface area contributed by atoms with Gasteiger partial charge in [-0.1, -0.05) is 69.9 Å². The van der Waals surface area contributed by atoms with Crippen LogP contribution >= 0.6 is 0 Å². The van der Waals surface area contributed by atoms with E-state index in [1.165, 1.54) is 64.2 Å². The highest BCUT2D eigenvalue weighted by molar-refractivity contribution is 5.67. The van der Waals surface area contributed by atoms with E-state index in [1.807, 2.05) is 12.1 Å². The number of allylic oxidation sites excluding steroid dienone is 4. The first-order chi connectivity index (χ1) is 16.5. The van der Waals surface area contributed by atoms with Crippen LogP contribution < -0.4 is 0 Å². The van der Waals surface area contributed by atoms with Gasteiger partial charge in [-0.2, -0.15) is 0 Å². The number of halogens is 2. The van der Waals surface area contributed by atoms with Crippen LogP contribution in [0.25, 0.3) is 5.57 Å². The van der Waals surface area contributed by atoms with Gasteiger partial charge in [-0.25, -0.2) is 8.78 Å². The minimum atomic E-state index is -0.632. The van der Waals surface area contributed by atoms with Gasteiger partial charge in [-0.05, 0) is 111 Å². The Morgan fingerprint density at radius 1 is 0.882 bits per heavy atom. The van der Waals surface area contributed by atoms with E-state index in [4.69, 9.17) is 0 Å². The predicted molar refractivity (Wildman–Crippen MR) is 141 cm³/mol. The van der Waals surface area contributed by atoms with Gasteiger partial charge < -0.3 is 0 Å². The molecule has 3 aliphatic rings. The highest BCUT2D eigenvalue weighted by Gasteiger charge is 2.28. The molecule has 1 aromatic rings. The Bertz CT molecular complexity index is 835. The molecule has 0 radical (unpaired) electrons. The van der Waals surface area contributed by atoms with Gasteiger partial charge in [0.1, 0.15) is 0 Å². The van der Waals surface area contributed by atoms with E-state index in [2.05, 4.69) is 32.1 Å². The number of rotatable bonds is 8. The van der Waals surface area contributed by atoms with Crippen molar-refractivity contribution in [3.63, 3.8) is 0 Å². The molecule has 0 bridgehead atoms. The summed E-state index contributed by atoms with van der Waals surface area (Å²) >= 11 is 0. The maximum atomic E-state index is 15.0. The van der Waals surface area contributed by atoms with Crippen LogP contribution in [0.5, 0.6) is 0 Å². The molecule has 0 heterocycles. The summed E-state index contributed by atoms with van der Waals surface area (Å²) in [5.74, 6) is 2.78. The van der Waals surface area contributed by atoms with Crippen molar-refractivity contribution in [1.29, 1.82) is 0 Å². The second kappa shape index (κ2) is 12.5. The summed E-state index contributed by atoms with van der Waals surface area (Å²) in [6.45, 7) is 4.64. The number of benzene rings is 1. The van der Waals surface area contributed by atoms with Gasteiger partial charge >= 0.3 is 0 Å². The van der Waals surface area contributed by atoms with E-state index in [-0.39, 0.29) is 0 Å². The van der Waals surface area contributed by atoms with Crippen LogP contribution in [0.3, 0.4) is 0 Å². The molecule has 0 nitrogen and oxygen atoms in total. The molecule has 34 heavy (non-hydrogen) atoms. The molecule has 188 valence electrons. The van der Waals surface area contributed by atoms with E-state index in [0.717, 1.165) is 54.9 Å². The first-order valence-electron chi connectivity index (χ1n) is 14.4. The fraction of sp³-hybridized carbons (Fsp3) is 0.688. The SMILES string of the molecule is CCCC1CCC(C=CCCc2ccc(C3=CCC(C4CCC(C)CC4)CC3)c(F)c2F)CC1. The lowest BCUT2D eigenvalue weighted by Crippen LogP contribution is -2.22. The van der Waals surface area contributed by atoms with E-state index < -0.39 is 11.6 Å². The zero-order chi connectivity index (χ0) is 23.9. The van der Waals surface area contributed by atoms with Crippen LogP contribution in [0.2, 0.25) is 0 Å². The Balaban J connectivity index is 1.28. The van der Waals surface area contributed by atoms with Crippen LogP contribution in [-0.2, 0) is 6.42 Å². The molecule has 1 aromatic carbocycles. The molecular weight excluding hydrogens is 422 g/mol. The summed E-state index contributed by atoms with van der Waals surface area (Å²) in [5.41, 5.74) is 2.03. The summed E-state index contributed by atoms with van der Waals surface area (Å²) in [5, 5.41) is 0. The summed E-state index contributed by atoms with van der Waals surface area (Å²) < 4.78 is 29.9. The zero-order valence-corrected chi connectivity index (χ0v) is 21.6. The van der Waals surface area contributed by atoms with Gasteiger partial charge in [0.05, 0.1) is 0 Å². The molecule has 0 saturated heterocycles. The van der Waals surface area contributed by atoms with Gasteiger partial charge in [0, 0.05) is 5.56 Å². The fourth-order valence-electron chi connectivity index (χ4n) is 6.92. The Morgan fingerprint density at radius 3 is 2.32 bits per heavy atom. The third kappa shape index (κ3) is 6.61. The maximum Gasteiger partial charge on any atom is 0.166 e. The highest BCUT2D eigenvalue weighted by Crippen LogP contribution is 2.41. The Morgan fingerprint density at radius 2 is 1.65 bits per heavy atom. The highest BCUT2D eigenvalue weighted by atomic mass is 19.2. The van der Waals surface area contributed by atoms with E-state index >= 15 is 4.39 Å². The van der Waals surface area contributed by atoms with Crippen molar-refractivity contribution in [2.75, 3.05) is 0 Å². The van der Waals surface area contributed by atoms with Crippen molar-refractivity contribution in [2.24, 2.45) is 29.6 Å². The normalized spacial score (nSPS) is 30.5. The van der Waals surface area contributed by atoms with E-state index in [1.54, 1.807) is 0 Å². The third-order valence-corrected chi connectivity index (χ3v) is 9.26. The summed E-state index contributed by atoms with van der Waals surface area (Å²) in [4.78, 5) is 0. The van der Waals surface area contributed by atoms with Gasteiger partial charge in [0.2, 0.25) is 0 Å². The monoisotopic (exact) mass is 468 g/mol. The molecule has 0 spiro atoms. The average molecular weight is 469 g/mol. The molecule has 4 rings (SSSR count). The minimum absolute atomic E-state index is 0.497. The molecule has 0 aromatic heterocycles. The van der Waals surface area contributed by atoms with E-state index in [0.29, 0.717) is 23.5 Å². The zero-order valence-electron chi connectivity index (χ0n) is 21.6. The topological polar surface area (TPSA) is 0 Å². The molecule has 0 N–H and O–H groups in total. The van der Waals surface area contributed by atoms with Crippen LogP contribution in [0.4, 0.5) is 8.78 Å². The molecule has 2 saturated carbocycles. The van der Waals surface area contributed by atoms with Crippen molar-refractivity contribution >= 4 is 5.57 Å². The second-order valence-corrected chi connectivity index (χ2v) is 11.7. The summed E-state index contributed by atoms with van der Waals surface area (Å²) in [7, 11) is 0. The smallest absolute Gasteiger partial charge is 0.166 e. The predicted octanol–water partition coefficient (Wildman–Crippen LogP) is 10.1. The molecular formula is C32H46F2. The van der Waals surface area contributed by atoms with Gasteiger partial charge in [-0.3, -0.25) is 0 Å². The van der Waals surface area contributed by atoms with Crippen LogP contribution in [0.15, 0.2) is 30.4 Å². The lowest BCUT2D eigenvalue weighted by Gasteiger charge is -2.34. The van der Waals surface area contributed by atoms with Crippen molar-refractivity contribution in [2.45, 2.75) is 110 Å². The lowest BCUT2D eigenvalue weighted by molar-refractivity contribution is 0.202. The maximum absolute atomic E-state index is 15.0. The van der Waals surface area contributed by atoms with Crippen molar-refractivity contribution in [3.8, 4) is 0 Å². The van der Waals surface area contributed by atoms with Gasteiger partial charge in [0.15, 0.2) is 11.6 Å². The minimum Gasteiger partial charge on any atom is -0.203 e. The van der Waals surface area contributed by atoms with Gasteiger partial charge in [-0.15, -0.1) is 0 Å². The number of hydrogen-bond acceptors (Lipinski definition) is 0. The molecule has 1 atom stereocenters. The molecule has 0 amide bonds. The van der Waals surface area contributed by atoms with Crippen molar-refractivity contribution < 1.29 is 8.78 Å². The quantitative estimate of drug-likeness (QED) is 0.333. The summed E-state index contributed by atoms with van der Waals surface area (Å²) in [6.07, 6.45) is 24.5. The van der Waals surface area contributed by atoms with Crippen molar-refractivity contribution in [3.05, 3.63) is 53.1 Å². The van der Waals surface area contributed by atoms with Crippen molar-refractivity contribution in [1.82, 2.24) is 0 Å². The lowest BCUT2D eigenvalue weighted by atomic mass is 9.71. The first-order valence-corrected chi connectivity index (χ1v) is 14.4. The Hall–Kier alpha value is -1.44. The molecule has 3 aliphatic carbocycles.